The largest absolute Gasteiger partial charge is 0.468 e. The summed E-state index contributed by atoms with van der Waals surface area (Å²) in [6.45, 7) is 5.52. The Kier molecular flexibility index (Phi) is 10.5. The topological polar surface area (TPSA) is 130 Å². The van der Waals surface area contributed by atoms with Crippen LogP contribution in [-0.2, 0) is 47.6 Å². The van der Waals surface area contributed by atoms with Gasteiger partial charge in [0.05, 0.1) is 54.9 Å². The Labute approximate surface area is 268 Å². The quantitative estimate of drug-likeness (QED) is 0.227. The third-order valence-corrected chi connectivity index (χ3v) is 9.65. The van der Waals surface area contributed by atoms with E-state index in [4.69, 9.17) is 28.4 Å². The first-order valence-electron chi connectivity index (χ1n) is 15.5. The minimum Gasteiger partial charge on any atom is -0.468 e. The molecule has 2 aromatic rings. The van der Waals surface area contributed by atoms with Crippen molar-refractivity contribution >= 4 is 35.3 Å². The van der Waals surface area contributed by atoms with Gasteiger partial charge in [0.15, 0.2) is 11.3 Å². The Balaban J connectivity index is 1.68. The van der Waals surface area contributed by atoms with Crippen LogP contribution in [0.3, 0.4) is 0 Å². The van der Waals surface area contributed by atoms with Gasteiger partial charge in [0.1, 0.15) is 0 Å². The van der Waals surface area contributed by atoms with Crippen molar-refractivity contribution < 1.29 is 47.6 Å². The monoisotopic (exact) mass is 638 g/mol. The van der Waals surface area contributed by atoms with Gasteiger partial charge in [-0.15, -0.1) is 0 Å². The average Bonchev–Trinajstić information content (AvgIpc) is 3.48. The van der Waals surface area contributed by atoms with Crippen molar-refractivity contribution in [2.45, 2.75) is 18.3 Å². The molecule has 46 heavy (non-hydrogen) atoms. The van der Waals surface area contributed by atoms with Crippen LogP contribution in [0.25, 0.3) is 0 Å². The lowest BCUT2D eigenvalue weighted by molar-refractivity contribution is -0.178. The maximum Gasteiger partial charge on any atom is 0.323 e. The molecule has 2 aliphatic heterocycles. The first kappa shape index (κ1) is 33.2. The SMILES string of the molecule is COC(=O)C(C(=O)OC)[C@@H]1[C@@H](c2ccc(N3CCOCC3)cc2)[C@H](c2ccc(N3CCOCC3)cc2)CC1(C(=O)OC)C(=O)OC. The molecule has 0 unspecified atom stereocenters. The highest BCUT2D eigenvalue weighted by atomic mass is 16.6. The fourth-order valence-corrected chi connectivity index (χ4v) is 7.44. The van der Waals surface area contributed by atoms with Crippen LogP contribution in [0.5, 0.6) is 0 Å². The van der Waals surface area contributed by atoms with Crippen molar-refractivity contribution in [3.05, 3.63) is 59.7 Å². The van der Waals surface area contributed by atoms with Crippen molar-refractivity contribution in [3.8, 4) is 0 Å². The first-order valence-corrected chi connectivity index (χ1v) is 15.5. The molecular formula is C34H42N2O10. The minimum absolute atomic E-state index is 0.0751. The van der Waals surface area contributed by atoms with Crippen molar-refractivity contribution in [1.29, 1.82) is 0 Å². The molecule has 1 saturated carbocycles. The number of benzene rings is 2. The first-order chi connectivity index (χ1) is 22.3. The third-order valence-electron chi connectivity index (χ3n) is 9.65. The van der Waals surface area contributed by atoms with E-state index in [0.717, 1.165) is 62.9 Å². The summed E-state index contributed by atoms with van der Waals surface area (Å²) in [4.78, 5) is 59.1. The van der Waals surface area contributed by atoms with Gasteiger partial charge < -0.3 is 38.2 Å². The number of hydrogen-bond acceptors (Lipinski definition) is 12. The van der Waals surface area contributed by atoms with Crippen molar-refractivity contribution in [2.24, 2.45) is 17.3 Å². The molecule has 0 bridgehead atoms. The van der Waals surface area contributed by atoms with E-state index < -0.39 is 53.0 Å². The number of morpholine rings is 2. The Morgan fingerprint density at radius 2 is 1.07 bits per heavy atom. The molecule has 0 N–H and O–H groups in total. The summed E-state index contributed by atoms with van der Waals surface area (Å²) in [5.74, 6) is -7.74. The summed E-state index contributed by atoms with van der Waals surface area (Å²) < 4.78 is 31.7. The molecule has 3 aliphatic rings. The van der Waals surface area contributed by atoms with Crippen molar-refractivity contribution in [1.82, 2.24) is 0 Å². The third kappa shape index (κ3) is 6.15. The van der Waals surface area contributed by atoms with Crippen LogP contribution in [-0.4, -0.2) is 105 Å². The Bertz CT molecular complexity index is 1350. The van der Waals surface area contributed by atoms with Gasteiger partial charge in [0.25, 0.3) is 0 Å². The van der Waals surface area contributed by atoms with Crippen LogP contribution in [0, 0.1) is 17.3 Å². The lowest BCUT2D eigenvalue weighted by Gasteiger charge is -2.36. The molecular weight excluding hydrogens is 596 g/mol. The number of hydrogen-bond donors (Lipinski definition) is 0. The average molecular weight is 639 g/mol. The smallest absolute Gasteiger partial charge is 0.323 e. The van der Waals surface area contributed by atoms with Crippen LogP contribution < -0.4 is 9.80 Å². The summed E-state index contributed by atoms with van der Waals surface area (Å²) in [6, 6.07) is 15.7. The summed E-state index contributed by atoms with van der Waals surface area (Å²) in [7, 11) is 4.65. The minimum atomic E-state index is -2.03. The molecule has 248 valence electrons. The van der Waals surface area contributed by atoms with E-state index in [2.05, 4.69) is 9.80 Å². The van der Waals surface area contributed by atoms with Crippen LogP contribution in [0.15, 0.2) is 48.5 Å². The van der Waals surface area contributed by atoms with E-state index in [9.17, 15) is 19.2 Å². The molecule has 1 aliphatic carbocycles. The maximum absolute atomic E-state index is 13.9. The number of nitrogens with zero attached hydrogens (tertiary/aromatic N) is 2. The molecule has 12 nitrogen and oxygen atoms in total. The zero-order valence-corrected chi connectivity index (χ0v) is 26.8. The number of methoxy groups -OCH3 is 4. The second-order valence-corrected chi connectivity index (χ2v) is 11.7. The molecule has 0 radical (unpaired) electrons. The Morgan fingerprint density at radius 3 is 1.46 bits per heavy atom. The van der Waals surface area contributed by atoms with E-state index >= 15 is 0 Å². The highest BCUT2D eigenvalue weighted by Gasteiger charge is 2.69. The predicted molar refractivity (Wildman–Crippen MR) is 167 cm³/mol. The van der Waals surface area contributed by atoms with Gasteiger partial charge in [0, 0.05) is 43.5 Å². The molecule has 12 heteroatoms. The summed E-state index contributed by atoms with van der Waals surface area (Å²) in [5.41, 5.74) is 1.53. The lowest BCUT2D eigenvalue weighted by atomic mass is 9.66. The van der Waals surface area contributed by atoms with Crippen LogP contribution >= 0.6 is 0 Å². The second kappa shape index (κ2) is 14.5. The van der Waals surface area contributed by atoms with Gasteiger partial charge in [-0.2, -0.15) is 0 Å². The molecule has 0 amide bonds. The maximum atomic E-state index is 13.9. The summed E-state index contributed by atoms with van der Waals surface area (Å²) in [5, 5.41) is 0. The van der Waals surface area contributed by atoms with Gasteiger partial charge in [-0.25, -0.2) is 0 Å². The standard InChI is InChI=1S/C34H42N2O10/c1-41-30(37)28(31(38)42-2)29-27(23-7-11-25(12-8-23)36-15-19-46-20-16-36)26(21-34(29,32(39)43-3)33(40)44-4)22-5-9-24(10-6-22)35-13-17-45-18-14-35/h5-12,26-29H,13-21H2,1-4H3/t26-,27-,29-/m0/s1. The molecule has 3 fully saturated rings. The highest BCUT2D eigenvalue weighted by Crippen LogP contribution is 2.62. The Morgan fingerprint density at radius 1 is 0.652 bits per heavy atom. The Hall–Kier alpha value is -4.16. The number of carbonyl (C=O) groups is 4. The van der Waals surface area contributed by atoms with Gasteiger partial charge in [-0.3, -0.25) is 19.2 Å². The molecule has 0 spiro atoms. The molecule has 0 aromatic heterocycles. The normalized spacial score (nSPS) is 22.7. The number of carbonyl (C=O) groups excluding carboxylic acids is 4. The lowest BCUT2D eigenvalue weighted by Crippen LogP contribution is -2.51. The predicted octanol–water partition coefficient (Wildman–Crippen LogP) is 2.54. The van der Waals surface area contributed by atoms with Gasteiger partial charge >= 0.3 is 23.9 Å². The number of rotatable bonds is 9. The summed E-state index contributed by atoms with van der Waals surface area (Å²) in [6.07, 6.45) is -0.0751. The molecule has 5 rings (SSSR count). The van der Waals surface area contributed by atoms with Gasteiger partial charge in [-0.1, -0.05) is 24.3 Å². The zero-order valence-electron chi connectivity index (χ0n) is 26.8. The van der Waals surface area contributed by atoms with E-state index in [1.807, 2.05) is 48.5 Å². The summed E-state index contributed by atoms with van der Waals surface area (Å²) >= 11 is 0. The van der Waals surface area contributed by atoms with Gasteiger partial charge in [-0.05, 0) is 53.6 Å². The highest BCUT2D eigenvalue weighted by molar-refractivity contribution is 6.04. The number of anilines is 2. The van der Waals surface area contributed by atoms with Crippen molar-refractivity contribution in [3.63, 3.8) is 0 Å². The van der Waals surface area contributed by atoms with Crippen LogP contribution in [0.2, 0.25) is 0 Å². The number of ether oxygens (including phenoxy) is 6. The molecule has 2 aromatic carbocycles. The van der Waals surface area contributed by atoms with Crippen LogP contribution in [0.4, 0.5) is 11.4 Å². The fraction of sp³-hybridized carbons (Fsp3) is 0.529. The number of esters is 4. The second-order valence-electron chi connectivity index (χ2n) is 11.7. The zero-order chi connectivity index (χ0) is 32.8. The molecule has 2 saturated heterocycles. The van der Waals surface area contributed by atoms with E-state index in [1.54, 1.807) is 0 Å². The molecule has 3 atom stereocenters. The van der Waals surface area contributed by atoms with Gasteiger partial charge in [0.2, 0.25) is 0 Å². The molecule has 2 heterocycles. The fourth-order valence-electron chi connectivity index (χ4n) is 7.44. The van der Waals surface area contributed by atoms with E-state index in [0.29, 0.717) is 26.4 Å². The van der Waals surface area contributed by atoms with Crippen LogP contribution in [0.1, 0.15) is 29.4 Å². The van der Waals surface area contributed by atoms with E-state index in [1.165, 1.54) is 14.2 Å². The van der Waals surface area contributed by atoms with Crippen molar-refractivity contribution in [2.75, 3.05) is 90.8 Å². The van der Waals surface area contributed by atoms with E-state index in [-0.39, 0.29) is 6.42 Å².